The Morgan fingerprint density at radius 3 is 3.07 bits per heavy atom. The summed E-state index contributed by atoms with van der Waals surface area (Å²) < 4.78 is 0. The molecule has 0 aliphatic carbocycles. The molecule has 1 aromatic heterocycles. The van der Waals surface area contributed by atoms with Crippen molar-refractivity contribution < 1.29 is 0 Å². The maximum Gasteiger partial charge on any atom is 0.185 e. The second kappa shape index (κ2) is 4.19. The number of nitrogens with zero attached hydrogens (tertiary/aromatic N) is 2. The molecule has 1 aliphatic rings. The molecule has 78 valence electrons. The maximum atomic E-state index is 4.54. The number of hydrogen-bond acceptors (Lipinski definition) is 3. The smallest absolute Gasteiger partial charge is 0.185 e. The number of aromatic nitrogens is 1. The molecule has 0 amide bonds. The van der Waals surface area contributed by atoms with Crippen molar-refractivity contribution in [1.29, 1.82) is 0 Å². The summed E-state index contributed by atoms with van der Waals surface area (Å²) in [6.07, 6.45) is 2.54. The molecule has 1 aromatic rings. The van der Waals surface area contributed by atoms with E-state index in [1.165, 1.54) is 18.0 Å². The fraction of sp³-hybridized carbons (Fsp3) is 0.700. The third kappa shape index (κ3) is 1.96. The van der Waals surface area contributed by atoms with Gasteiger partial charge in [-0.2, -0.15) is 0 Å². The van der Waals surface area contributed by atoms with Gasteiger partial charge in [0.2, 0.25) is 0 Å². The molecule has 14 heavy (non-hydrogen) atoms. The zero-order chi connectivity index (χ0) is 10.1. The SMILES string of the molecule is Cc1csc(N2CCCC(Br)C2C)n1. The molecule has 4 heteroatoms. The summed E-state index contributed by atoms with van der Waals surface area (Å²) in [7, 11) is 0. The molecule has 0 spiro atoms. The minimum absolute atomic E-state index is 0.564. The van der Waals surface area contributed by atoms with Gasteiger partial charge in [0.05, 0.1) is 5.69 Å². The third-order valence-electron chi connectivity index (χ3n) is 2.75. The van der Waals surface area contributed by atoms with Crippen LogP contribution in [0.4, 0.5) is 5.13 Å². The van der Waals surface area contributed by atoms with Crippen molar-refractivity contribution in [3.8, 4) is 0 Å². The molecule has 2 nitrogen and oxygen atoms in total. The number of hydrogen-bond donors (Lipinski definition) is 0. The Morgan fingerprint density at radius 2 is 2.43 bits per heavy atom. The van der Waals surface area contributed by atoms with Crippen LogP contribution in [-0.2, 0) is 0 Å². The highest BCUT2D eigenvalue weighted by atomic mass is 79.9. The summed E-state index contributed by atoms with van der Waals surface area (Å²) in [4.78, 5) is 7.57. The summed E-state index contributed by atoms with van der Waals surface area (Å²) >= 11 is 5.49. The van der Waals surface area contributed by atoms with Gasteiger partial charge >= 0.3 is 0 Å². The van der Waals surface area contributed by atoms with E-state index in [1.54, 1.807) is 11.3 Å². The van der Waals surface area contributed by atoms with Crippen LogP contribution in [0.1, 0.15) is 25.5 Å². The van der Waals surface area contributed by atoms with E-state index in [1.807, 2.05) is 0 Å². The lowest BCUT2D eigenvalue weighted by Gasteiger charge is -2.36. The Labute approximate surface area is 97.5 Å². The lowest BCUT2D eigenvalue weighted by molar-refractivity contribution is 0.502. The van der Waals surface area contributed by atoms with E-state index in [9.17, 15) is 0 Å². The van der Waals surface area contributed by atoms with Gasteiger partial charge in [0, 0.05) is 22.8 Å². The first-order valence-electron chi connectivity index (χ1n) is 5.01. The van der Waals surface area contributed by atoms with Crippen LogP contribution in [0.2, 0.25) is 0 Å². The number of anilines is 1. The van der Waals surface area contributed by atoms with E-state index < -0.39 is 0 Å². The highest BCUT2D eigenvalue weighted by Gasteiger charge is 2.27. The number of halogens is 1. The molecule has 1 aliphatic heterocycles. The van der Waals surface area contributed by atoms with Crippen molar-refractivity contribution in [3.63, 3.8) is 0 Å². The Morgan fingerprint density at radius 1 is 1.64 bits per heavy atom. The van der Waals surface area contributed by atoms with Crippen molar-refractivity contribution >= 4 is 32.4 Å². The highest BCUT2D eigenvalue weighted by molar-refractivity contribution is 9.09. The van der Waals surface area contributed by atoms with Crippen molar-refractivity contribution in [2.24, 2.45) is 0 Å². The summed E-state index contributed by atoms with van der Waals surface area (Å²) in [5.74, 6) is 0. The molecular weight excluding hydrogens is 260 g/mol. The molecule has 2 unspecified atom stereocenters. The topological polar surface area (TPSA) is 16.1 Å². The van der Waals surface area contributed by atoms with Crippen LogP contribution in [0.3, 0.4) is 0 Å². The van der Waals surface area contributed by atoms with Gasteiger partial charge in [0.25, 0.3) is 0 Å². The molecular formula is C10H15BrN2S. The predicted molar refractivity (Wildman–Crippen MR) is 65.6 cm³/mol. The van der Waals surface area contributed by atoms with Crippen molar-refractivity contribution in [1.82, 2.24) is 4.98 Å². The predicted octanol–water partition coefficient (Wildman–Crippen LogP) is 3.20. The van der Waals surface area contributed by atoms with Gasteiger partial charge in [-0.25, -0.2) is 4.98 Å². The molecule has 0 radical (unpaired) electrons. The van der Waals surface area contributed by atoms with E-state index in [0.717, 1.165) is 12.2 Å². The Balaban J connectivity index is 2.17. The van der Waals surface area contributed by atoms with Crippen LogP contribution in [0.15, 0.2) is 5.38 Å². The van der Waals surface area contributed by atoms with Gasteiger partial charge in [-0.1, -0.05) is 15.9 Å². The van der Waals surface area contributed by atoms with E-state index in [0.29, 0.717) is 10.9 Å². The Kier molecular flexibility index (Phi) is 3.12. The van der Waals surface area contributed by atoms with Gasteiger partial charge in [0.15, 0.2) is 5.13 Å². The van der Waals surface area contributed by atoms with Crippen molar-refractivity contribution in [2.75, 3.05) is 11.4 Å². The first kappa shape index (κ1) is 10.4. The van der Waals surface area contributed by atoms with E-state index in [-0.39, 0.29) is 0 Å². The average molecular weight is 275 g/mol. The summed E-state index contributed by atoms with van der Waals surface area (Å²) in [6, 6.07) is 0.564. The third-order valence-corrected chi connectivity index (χ3v) is 4.97. The fourth-order valence-electron chi connectivity index (χ4n) is 1.84. The molecule has 2 atom stereocenters. The van der Waals surface area contributed by atoms with Crippen LogP contribution in [0, 0.1) is 6.92 Å². The van der Waals surface area contributed by atoms with Gasteiger partial charge in [0.1, 0.15) is 0 Å². The molecule has 0 bridgehead atoms. The number of rotatable bonds is 1. The minimum Gasteiger partial charge on any atom is -0.344 e. The highest BCUT2D eigenvalue weighted by Crippen LogP contribution is 2.30. The standard InChI is InChI=1S/C10H15BrN2S/c1-7-6-14-10(12-7)13-5-3-4-9(11)8(13)2/h6,8-9H,3-5H2,1-2H3. The number of alkyl halides is 1. The zero-order valence-corrected chi connectivity index (χ0v) is 10.9. The van der Waals surface area contributed by atoms with Crippen molar-refractivity contribution in [3.05, 3.63) is 11.1 Å². The Bertz CT molecular complexity index is 313. The Hall–Kier alpha value is -0.0900. The first-order valence-corrected chi connectivity index (χ1v) is 6.81. The van der Waals surface area contributed by atoms with Gasteiger partial charge in [-0.15, -0.1) is 11.3 Å². The number of aryl methyl sites for hydroxylation is 1. The number of piperidine rings is 1. The van der Waals surface area contributed by atoms with Crippen molar-refractivity contribution in [2.45, 2.75) is 37.6 Å². The molecule has 0 aromatic carbocycles. The summed E-state index contributed by atoms with van der Waals surface area (Å²) in [5.41, 5.74) is 1.13. The molecule has 1 saturated heterocycles. The monoisotopic (exact) mass is 274 g/mol. The molecule has 2 rings (SSSR count). The maximum absolute atomic E-state index is 4.54. The van der Waals surface area contributed by atoms with Gasteiger partial charge in [-0.05, 0) is 26.7 Å². The van der Waals surface area contributed by atoms with Gasteiger partial charge < -0.3 is 4.90 Å². The van der Waals surface area contributed by atoms with Crippen LogP contribution < -0.4 is 4.90 Å². The van der Waals surface area contributed by atoms with Crippen LogP contribution in [-0.4, -0.2) is 22.4 Å². The van der Waals surface area contributed by atoms with Crippen LogP contribution >= 0.6 is 27.3 Å². The molecule has 0 saturated carbocycles. The lowest BCUT2D eigenvalue weighted by atomic mass is 10.0. The largest absolute Gasteiger partial charge is 0.344 e. The summed E-state index contributed by atoms with van der Waals surface area (Å²) in [6.45, 7) is 5.48. The lowest BCUT2D eigenvalue weighted by Crippen LogP contribution is -2.44. The molecule has 0 N–H and O–H groups in total. The van der Waals surface area contributed by atoms with E-state index in [4.69, 9.17) is 0 Å². The second-order valence-electron chi connectivity index (χ2n) is 3.86. The molecule has 2 heterocycles. The average Bonchev–Trinajstić information content (AvgIpc) is 2.57. The fourth-order valence-corrected chi connectivity index (χ4v) is 3.37. The number of thiazole rings is 1. The minimum atomic E-state index is 0.564. The second-order valence-corrected chi connectivity index (χ2v) is 5.88. The zero-order valence-electron chi connectivity index (χ0n) is 8.53. The quantitative estimate of drug-likeness (QED) is 0.732. The van der Waals surface area contributed by atoms with E-state index in [2.05, 4.69) is 45.0 Å². The van der Waals surface area contributed by atoms with Crippen LogP contribution in [0.5, 0.6) is 0 Å². The normalized spacial score (nSPS) is 28.1. The molecule has 1 fully saturated rings. The summed E-state index contributed by atoms with van der Waals surface area (Å²) in [5, 5.41) is 3.30. The first-order chi connectivity index (χ1) is 6.68. The van der Waals surface area contributed by atoms with Gasteiger partial charge in [-0.3, -0.25) is 0 Å². The van der Waals surface area contributed by atoms with E-state index >= 15 is 0 Å². The van der Waals surface area contributed by atoms with Crippen LogP contribution in [0.25, 0.3) is 0 Å².